The number of aliphatic hydroxyl groups excluding tert-OH is 1. The van der Waals surface area contributed by atoms with E-state index in [0.29, 0.717) is 31.3 Å². The lowest BCUT2D eigenvalue weighted by Gasteiger charge is -2.47. The number of hydrogen-bond donors (Lipinski definition) is 3. The average Bonchev–Trinajstić information content (AvgIpc) is 2.49. The van der Waals surface area contributed by atoms with Crippen LogP contribution in [-0.2, 0) is 10.3 Å². The third kappa shape index (κ3) is 3.55. The van der Waals surface area contributed by atoms with E-state index in [1.165, 1.54) is 0 Å². The van der Waals surface area contributed by atoms with Gasteiger partial charge < -0.3 is 20.3 Å². The van der Waals surface area contributed by atoms with Crippen LogP contribution in [0.1, 0.15) is 26.5 Å². The highest BCUT2D eigenvalue weighted by Gasteiger charge is 2.40. The van der Waals surface area contributed by atoms with Gasteiger partial charge in [-0.1, -0.05) is 0 Å². The lowest BCUT2D eigenvalue weighted by molar-refractivity contribution is -0.101. The highest BCUT2D eigenvalue weighted by atomic mass is 16.5. The molecule has 0 spiro atoms. The van der Waals surface area contributed by atoms with E-state index >= 15 is 0 Å². The van der Waals surface area contributed by atoms with Gasteiger partial charge in [0.1, 0.15) is 11.4 Å². The molecule has 0 bridgehead atoms. The molecule has 2 heterocycles. The molecule has 2 rings (SSSR count). The third-order valence-electron chi connectivity index (χ3n) is 4.32. The predicted octanol–water partition coefficient (Wildman–Crippen LogP) is 0.197. The summed E-state index contributed by atoms with van der Waals surface area (Å²) < 4.78 is 5.60. The first-order valence-corrected chi connectivity index (χ1v) is 7.50. The Hall–Kier alpha value is -1.28. The molecular formula is C15H26N4O3. The summed E-state index contributed by atoms with van der Waals surface area (Å²) in [5.41, 5.74) is -0.972. The lowest BCUT2D eigenvalue weighted by Crippen LogP contribution is -2.64. The van der Waals surface area contributed by atoms with E-state index in [-0.39, 0.29) is 12.6 Å². The Balaban J connectivity index is 2.04. The number of aromatic nitrogens is 2. The maximum atomic E-state index is 9.88. The van der Waals surface area contributed by atoms with Gasteiger partial charge in [0.15, 0.2) is 0 Å². The fraction of sp³-hybridized carbons (Fsp3) is 0.733. The molecule has 0 aliphatic carbocycles. The summed E-state index contributed by atoms with van der Waals surface area (Å²) in [5, 5.41) is 31.0. The van der Waals surface area contributed by atoms with E-state index < -0.39 is 11.1 Å². The summed E-state index contributed by atoms with van der Waals surface area (Å²) in [6, 6.07) is 3.76. The fourth-order valence-corrected chi connectivity index (χ4v) is 2.50. The van der Waals surface area contributed by atoms with Crippen LogP contribution >= 0.6 is 0 Å². The first kappa shape index (κ1) is 17.1. The van der Waals surface area contributed by atoms with Gasteiger partial charge in [-0.2, -0.15) is 5.10 Å². The van der Waals surface area contributed by atoms with Crippen LogP contribution in [0.3, 0.4) is 0 Å². The smallest absolute Gasteiger partial charge is 0.148 e. The van der Waals surface area contributed by atoms with Crippen molar-refractivity contribution in [3.05, 3.63) is 17.8 Å². The zero-order valence-corrected chi connectivity index (χ0v) is 13.7. The van der Waals surface area contributed by atoms with E-state index in [1.54, 1.807) is 26.0 Å². The number of hydrogen-bond acceptors (Lipinski definition) is 7. The highest BCUT2D eigenvalue weighted by Crippen LogP contribution is 2.23. The summed E-state index contributed by atoms with van der Waals surface area (Å²) in [6.07, 6.45) is 0. The van der Waals surface area contributed by atoms with Crippen LogP contribution in [0.5, 0.6) is 0 Å². The molecule has 1 fully saturated rings. The second-order valence-electron chi connectivity index (χ2n) is 6.57. The SMILES string of the molecule is C[C@@H]1COC[C@@](CO)(CNc2ccc(C(C)(C)O)nn2)N1C. The van der Waals surface area contributed by atoms with Gasteiger partial charge in [-0.25, -0.2) is 0 Å². The molecule has 0 unspecified atom stereocenters. The third-order valence-corrected chi connectivity index (χ3v) is 4.32. The minimum atomic E-state index is -1.01. The van der Waals surface area contributed by atoms with Crippen LogP contribution in [0.2, 0.25) is 0 Å². The molecule has 2 atom stereocenters. The van der Waals surface area contributed by atoms with E-state index in [2.05, 4.69) is 27.3 Å². The van der Waals surface area contributed by atoms with Crippen molar-refractivity contribution in [1.29, 1.82) is 0 Å². The van der Waals surface area contributed by atoms with Crippen LogP contribution in [-0.4, -0.2) is 70.3 Å². The van der Waals surface area contributed by atoms with Crippen molar-refractivity contribution < 1.29 is 14.9 Å². The normalized spacial score (nSPS) is 26.9. The second kappa shape index (κ2) is 6.45. The topological polar surface area (TPSA) is 90.7 Å². The molecule has 1 aromatic rings. The molecule has 0 radical (unpaired) electrons. The summed E-state index contributed by atoms with van der Waals surface area (Å²) in [5.74, 6) is 0.604. The summed E-state index contributed by atoms with van der Waals surface area (Å²) in [4.78, 5) is 2.14. The molecule has 124 valence electrons. The number of nitrogens with zero attached hydrogens (tertiary/aromatic N) is 3. The van der Waals surface area contributed by atoms with E-state index in [9.17, 15) is 10.2 Å². The Labute approximate surface area is 131 Å². The molecule has 1 saturated heterocycles. The molecule has 1 aliphatic rings. The number of nitrogens with one attached hydrogen (secondary N) is 1. The van der Waals surface area contributed by atoms with Crippen LogP contribution in [0, 0.1) is 0 Å². The second-order valence-corrected chi connectivity index (χ2v) is 6.57. The van der Waals surface area contributed by atoms with Gasteiger partial charge in [0.25, 0.3) is 0 Å². The molecule has 0 amide bonds. The predicted molar refractivity (Wildman–Crippen MR) is 83.6 cm³/mol. The Kier molecular flexibility index (Phi) is 5.01. The van der Waals surface area contributed by atoms with Crippen molar-refractivity contribution in [2.45, 2.75) is 38.0 Å². The van der Waals surface area contributed by atoms with Gasteiger partial charge in [0.2, 0.25) is 0 Å². The first-order valence-electron chi connectivity index (χ1n) is 7.50. The van der Waals surface area contributed by atoms with Crippen LogP contribution < -0.4 is 5.32 Å². The largest absolute Gasteiger partial charge is 0.394 e. The molecular weight excluding hydrogens is 284 g/mol. The lowest BCUT2D eigenvalue weighted by atomic mass is 9.96. The number of rotatable bonds is 5. The summed E-state index contributed by atoms with van der Waals surface area (Å²) in [6.45, 7) is 7.03. The highest BCUT2D eigenvalue weighted by molar-refractivity contribution is 5.34. The molecule has 7 heteroatoms. The maximum absolute atomic E-state index is 9.88. The monoisotopic (exact) mass is 310 g/mol. The van der Waals surface area contributed by atoms with Gasteiger partial charge >= 0.3 is 0 Å². The quantitative estimate of drug-likeness (QED) is 0.715. The van der Waals surface area contributed by atoms with E-state index in [1.807, 2.05) is 7.05 Å². The van der Waals surface area contributed by atoms with Gasteiger partial charge in [0, 0.05) is 12.6 Å². The van der Waals surface area contributed by atoms with Crippen molar-refractivity contribution in [1.82, 2.24) is 15.1 Å². The number of morpholine rings is 1. The van der Waals surface area contributed by atoms with Gasteiger partial charge in [0.05, 0.1) is 31.1 Å². The Bertz CT molecular complexity index is 489. The zero-order chi connectivity index (χ0) is 16.4. The molecule has 1 aliphatic heterocycles. The number of likely N-dealkylation sites (N-methyl/N-ethyl adjacent to an activating group) is 1. The molecule has 7 nitrogen and oxygen atoms in total. The minimum Gasteiger partial charge on any atom is -0.394 e. The number of ether oxygens (including phenoxy) is 1. The van der Waals surface area contributed by atoms with Crippen LogP contribution in [0.15, 0.2) is 12.1 Å². The van der Waals surface area contributed by atoms with Gasteiger partial charge in [-0.3, -0.25) is 4.90 Å². The Morgan fingerprint density at radius 2 is 2.18 bits per heavy atom. The van der Waals surface area contributed by atoms with Crippen molar-refractivity contribution in [3.63, 3.8) is 0 Å². The summed E-state index contributed by atoms with van der Waals surface area (Å²) >= 11 is 0. The van der Waals surface area contributed by atoms with Gasteiger partial charge in [-0.05, 0) is 40.0 Å². The van der Waals surface area contributed by atoms with Crippen molar-refractivity contribution in [2.24, 2.45) is 0 Å². The molecule has 1 aromatic heterocycles. The van der Waals surface area contributed by atoms with Gasteiger partial charge in [-0.15, -0.1) is 5.10 Å². The Morgan fingerprint density at radius 1 is 1.45 bits per heavy atom. The standard InChI is InChI=1S/C15H26N4O3/c1-11-7-22-10-15(9-20,19(11)4)8-16-13-6-5-12(17-18-13)14(2,3)21/h5-6,11,20-21H,7-10H2,1-4H3,(H,16,18)/t11-,15+/m1/s1. The van der Waals surface area contributed by atoms with Crippen LogP contribution in [0.25, 0.3) is 0 Å². The molecule has 0 aromatic carbocycles. The number of anilines is 1. The minimum absolute atomic E-state index is 0.00395. The van der Waals surface area contributed by atoms with Crippen molar-refractivity contribution in [3.8, 4) is 0 Å². The van der Waals surface area contributed by atoms with Crippen LogP contribution in [0.4, 0.5) is 5.82 Å². The molecule has 22 heavy (non-hydrogen) atoms. The first-order chi connectivity index (χ1) is 10.3. The van der Waals surface area contributed by atoms with Crippen molar-refractivity contribution in [2.75, 3.05) is 38.7 Å². The Morgan fingerprint density at radius 3 is 2.73 bits per heavy atom. The average molecular weight is 310 g/mol. The van der Waals surface area contributed by atoms with Crippen molar-refractivity contribution >= 4 is 5.82 Å². The van der Waals surface area contributed by atoms with E-state index in [4.69, 9.17) is 4.74 Å². The molecule has 3 N–H and O–H groups in total. The number of aliphatic hydroxyl groups is 2. The molecule has 0 saturated carbocycles. The fourth-order valence-electron chi connectivity index (χ4n) is 2.50. The maximum Gasteiger partial charge on any atom is 0.148 e. The summed E-state index contributed by atoms with van der Waals surface area (Å²) in [7, 11) is 1.99. The van der Waals surface area contributed by atoms with E-state index in [0.717, 1.165) is 0 Å². The zero-order valence-electron chi connectivity index (χ0n) is 13.7.